The fourth-order valence-corrected chi connectivity index (χ4v) is 2.42. The van der Waals surface area contributed by atoms with Gasteiger partial charge in [-0.15, -0.1) is 0 Å². The first kappa shape index (κ1) is 14.0. The van der Waals surface area contributed by atoms with Crippen LogP contribution in [0.25, 0.3) is 0 Å². The first-order chi connectivity index (χ1) is 7.94. The molecule has 0 aromatic carbocycles. The predicted octanol–water partition coefficient (Wildman–Crippen LogP) is 0.875. The van der Waals surface area contributed by atoms with Crippen LogP contribution < -0.4 is 11.1 Å². The Kier molecular flexibility index (Phi) is 4.93. The lowest BCUT2D eigenvalue weighted by atomic mass is 9.76. The molecule has 0 heterocycles. The van der Waals surface area contributed by atoms with Crippen LogP contribution in [-0.4, -0.2) is 29.1 Å². The van der Waals surface area contributed by atoms with Gasteiger partial charge in [-0.1, -0.05) is 19.8 Å². The first-order valence-electron chi connectivity index (χ1n) is 6.23. The highest BCUT2D eigenvalue weighted by Gasteiger charge is 2.37. The average molecular weight is 242 g/mol. The van der Waals surface area contributed by atoms with E-state index in [1.165, 1.54) is 0 Å². The maximum absolute atomic E-state index is 11.9. The Morgan fingerprint density at radius 2 is 2.24 bits per heavy atom. The molecule has 0 bridgehead atoms. The van der Waals surface area contributed by atoms with E-state index in [0.29, 0.717) is 18.9 Å². The van der Waals surface area contributed by atoms with Crippen molar-refractivity contribution in [1.29, 1.82) is 0 Å². The Hall–Kier alpha value is -1.10. The van der Waals surface area contributed by atoms with Crippen LogP contribution in [0, 0.1) is 5.92 Å². The Bertz CT molecular complexity index is 293. The van der Waals surface area contributed by atoms with Crippen molar-refractivity contribution in [1.82, 2.24) is 5.32 Å². The van der Waals surface area contributed by atoms with Crippen molar-refractivity contribution in [2.45, 2.75) is 51.0 Å². The molecule has 0 spiro atoms. The van der Waals surface area contributed by atoms with Crippen LogP contribution in [0.2, 0.25) is 0 Å². The van der Waals surface area contributed by atoms with Crippen LogP contribution >= 0.6 is 0 Å². The van der Waals surface area contributed by atoms with Gasteiger partial charge < -0.3 is 16.2 Å². The van der Waals surface area contributed by atoms with Gasteiger partial charge >= 0.3 is 5.97 Å². The first-order valence-corrected chi connectivity index (χ1v) is 6.23. The Morgan fingerprint density at radius 1 is 1.53 bits per heavy atom. The van der Waals surface area contributed by atoms with Crippen LogP contribution in [0.5, 0.6) is 0 Å². The standard InChI is InChI=1S/C12H22N2O3/c1-9-4-2-6-12(13,8-9)11(17)14-7-3-5-10(15)16/h9H,2-8,13H2,1H3,(H,14,17)(H,15,16). The molecule has 2 unspecified atom stereocenters. The summed E-state index contributed by atoms with van der Waals surface area (Å²) < 4.78 is 0. The zero-order chi connectivity index (χ0) is 12.9. The topological polar surface area (TPSA) is 92.4 Å². The molecule has 5 nitrogen and oxygen atoms in total. The zero-order valence-corrected chi connectivity index (χ0v) is 10.4. The molecule has 4 N–H and O–H groups in total. The Morgan fingerprint density at radius 3 is 2.82 bits per heavy atom. The number of nitrogens with two attached hydrogens (primary N) is 1. The summed E-state index contributed by atoms with van der Waals surface area (Å²) in [4.78, 5) is 22.2. The van der Waals surface area contributed by atoms with Crippen molar-refractivity contribution in [3.05, 3.63) is 0 Å². The smallest absolute Gasteiger partial charge is 0.303 e. The van der Waals surface area contributed by atoms with Crippen LogP contribution in [0.3, 0.4) is 0 Å². The van der Waals surface area contributed by atoms with Crippen LogP contribution in [0.4, 0.5) is 0 Å². The lowest BCUT2D eigenvalue weighted by Crippen LogP contribution is -2.56. The summed E-state index contributed by atoms with van der Waals surface area (Å²) in [7, 11) is 0. The maximum Gasteiger partial charge on any atom is 0.303 e. The third kappa shape index (κ3) is 4.34. The number of carbonyl (C=O) groups excluding carboxylic acids is 1. The van der Waals surface area contributed by atoms with Gasteiger partial charge in [0.15, 0.2) is 0 Å². The minimum absolute atomic E-state index is 0.0776. The highest BCUT2D eigenvalue weighted by Crippen LogP contribution is 2.30. The second-order valence-electron chi connectivity index (χ2n) is 5.11. The number of rotatable bonds is 5. The van der Waals surface area contributed by atoms with Crippen LogP contribution in [0.1, 0.15) is 45.4 Å². The minimum atomic E-state index is -0.840. The van der Waals surface area contributed by atoms with E-state index in [0.717, 1.165) is 25.7 Å². The summed E-state index contributed by atoms with van der Waals surface area (Å²) in [6.45, 7) is 2.50. The normalized spacial score (nSPS) is 28.7. The summed E-state index contributed by atoms with van der Waals surface area (Å²) in [5.41, 5.74) is 5.36. The van der Waals surface area contributed by atoms with Gasteiger partial charge in [0, 0.05) is 13.0 Å². The molecule has 5 heteroatoms. The third-order valence-corrected chi connectivity index (χ3v) is 3.34. The van der Waals surface area contributed by atoms with E-state index in [2.05, 4.69) is 12.2 Å². The molecule has 98 valence electrons. The number of carboxylic acid groups (broad SMARTS) is 1. The third-order valence-electron chi connectivity index (χ3n) is 3.34. The molecule has 1 saturated carbocycles. The van der Waals surface area contributed by atoms with Gasteiger partial charge in [-0.3, -0.25) is 9.59 Å². The molecule has 2 atom stereocenters. The summed E-state index contributed by atoms with van der Waals surface area (Å²) >= 11 is 0. The van der Waals surface area contributed by atoms with Crippen molar-refractivity contribution in [2.75, 3.05) is 6.54 Å². The molecule has 1 amide bonds. The van der Waals surface area contributed by atoms with Crippen molar-refractivity contribution >= 4 is 11.9 Å². The zero-order valence-electron chi connectivity index (χ0n) is 10.4. The van der Waals surface area contributed by atoms with E-state index in [9.17, 15) is 9.59 Å². The lowest BCUT2D eigenvalue weighted by Gasteiger charge is -2.35. The summed E-state index contributed by atoms with van der Waals surface area (Å²) in [6.07, 6.45) is 4.09. The van der Waals surface area contributed by atoms with Crippen molar-refractivity contribution < 1.29 is 14.7 Å². The summed E-state index contributed by atoms with van der Waals surface area (Å²) in [5, 5.41) is 11.2. The number of hydrogen-bond donors (Lipinski definition) is 3. The van der Waals surface area contributed by atoms with Crippen LogP contribution in [-0.2, 0) is 9.59 Å². The largest absolute Gasteiger partial charge is 0.481 e. The molecule has 0 aromatic heterocycles. The highest BCUT2D eigenvalue weighted by atomic mass is 16.4. The molecule has 1 fully saturated rings. The van der Waals surface area contributed by atoms with Crippen LogP contribution in [0.15, 0.2) is 0 Å². The number of aliphatic carboxylic acids is 1. The number of carboxylic acids is 1. The number of carbonyl (C=O) groups is 2. The molecule has 0 saturated heterocycles. The van der Waals surface area contributed by atoms with E-state index in [4.69, 9.17) is 10.8 Å². The molecule has 0 aliphatic heterocycles. The molecule has 17 heavy (non-hydrogen) atoms. The molecule has 0 radical (unpaired) electrons. The van der Waals surface area contributed by atoms with E-state index < -0.39 is 11.5 Å². The molecular weight excluding hydrogens is 220 g/mol. The number of nitrogens with one attached hydrogen (secondary N) is 1. The van der Waals surface area contributed by atoms with Gasteiger partial charge in [0.2, 0.25) is 5.91 Å². The quantitative estimate of drug-likeness (QED) is 0.624. The second-order valence-corrected chi connectivity index (χ2v) is 5.11. The fourth-order valence-electron chi connectivity index (χ4n) is 2.42. The molecular formula is C12H22N2O3. The molecule has 1 rings (SSSR count). The van der Waals surface area contributed by atoms with Gasteiger partial charge in [0.1, 0.15) is 0 Å². The van der Waals surface area contributed by atoms with E-state index >= 15 is 0 Å². The Labute approximate surface area is 102 Å². The van der Waals surface area contributed by atoms with Gasteiger partial charge in [-0.05, 0) is 25.2 Å². The van der Waals surface area contributed by atoms with E-state index in [-0.39, 0.29) is 12.3 Å². The Balaban J connectivity index is 2.33. The second kappa shape index (κ2) is 6.00. The predicted molar refractivity (Wildman–Crippen MR) is 64.4 cm³/mol. The van der Waals surface area contributed by atoms with E-state index in [1.54, 1.807) is 0 Å². The molecule has 1 aliphatic carbocycles. The van der Waals surface area contributed by atoms with Gasteiger partial charge in [0.25, 0.3) is 0 Å². The molecule has 0 aromatic rings. The van der Waals surface area contributed by atoms with E-state index in [1.807, 2.05) is 0 Å². The average Bonchev–Trinajstić information content (AvgIpc) is 2.23. The van der Waals surface area contributed by atoms with Crippen molar-refractivity contribution in [3.8, 4) is 0 Å². The molecule has 1 aliphatic rings. The highest BCUT2D eigenvalue weighted by molar-refractivity contribution is 5.86. The fraction of sp³-hybridized carbons (Fsp3) is 0.833. The lowest BCUT2D eigenvalue weighted by molar-refractivity contribution is -0.137. The van der Waals surface area contributed by atoms with Crippen molar-refractivity contribution in [2.24, 2.45) is 11.7 Å². The summed E-state index contributed by atoms with van der Waals surface area (Å²) in [6, 6.07) is 0. The maximum atomic E-state index is 11.9. The van der Waals surface area contributed by atoms with Gasteiger partial charge in [-0.2, -0.15) is 0 Å². The van der Waals surface area contributed by atoms with Gasteiger partial charge in [-0.25, -0.2) is 0 Å². The van der Waals surface area contributed by atoms with Crippen molar-refractivity contribution in [3.63, 3.8) is 0 Å². The van der Waals surface area contributed by atoms with Gasteiger partial charge in [0.05, 0.1) is 5.54 Å². The SMILES string of the molecule is CC1CCCC(N)(C(=O)NCCCC(=O)O)C1. The monoisotopic (exact) mass is 242 g/mol. The summed E-state index contributed by atoms with van der Waals surface area (Å²) in [5.74, 6) is -0.485. The number of hydrogen-bond acceptors (Lipinski definition) is 3. The minimum Gasteiger partial charge on any atom is -0.481 e. The number of amides is 1.